The van der Waals surface area contributed by atoms with Crippen molar-refractivity contribution in [1.82, 2.24) is 15.2 Å². The van der Waals surface area contributed by atoms with Crippen molar-refractivity contribution >= 4 is 0 Å². The maximum atomic E-state index is 4.38. The molecule has 0 aromatic carbocycles. The van der Waals surface area contributed by atoms with Crippen LogP contribution in [0, 0.1) is 6.92 Å². The minimum atomic E-state index is 0.239. The summed E-state index contributed by atoms with van der Waals surface area (Å²) in [6.45, 7) is 5.50. The van der Waals surface area contributed by atoms with Gasteiger partial charge in [-0.3, -0.25) is 4.98 Å². The summed E-state index contributed by atoms with van der Waals surface area (Å²) in [5.74, 6) is 0. The first-order valence-corrected chi connectivity index (χ1v) is 7.93. The molecular weight excluding hydrogens is 246 g/mol. The normalized spacial score (nSPS) is 19.4. The lowest BCUT2D eigenvalue weighted by Gasteiger charge is -2.44. The minimum absolute atomic E-state index is 0.239. The van der Waals surface area contributed by atoms with E-state index < -0.39 is 0 Å². The summed E-state index contributed by atoms with van der Waals surface area (Å²) in [4.78, 5) is 6.82. The van der Waals surface area contributed by atoms with Gasteiger partial charge in [0.1, 0.15) is 0 Å². The summed E-state index contributed by atoms with van der Waals surface area (Å²) in [7, 11) is 4.47. The highest BCUT2D eigenvalue weighted by molar-refractivity contribution is 5.29. The second kappa shape index (κ2) is 6.68. The molecule has 0 spiro atoms. The SMILES string of the molecule is CCCNC(c1cnccc1C)C1(N(C)C)CCCC1. The lowest BCUT2D eigenvalue weighted by atomic mass is 9.81. The molecule has 1 aromatic heterocycles. The third kappa shape index (κ3) is 2.89. The van der Waals surface area contributed by atoms with Gasteiger partial charge < -0.3 is 10.2 Å². The molecule has 1 aliphatic rings. The van der Waals surface area contributed by atoms with Crippen LogP contribution in [0.1, 0.15) is 56.2 Å². The van der Waals surface area contributed by atoms with Crippen molar-refractivity contribution in [2.24, 2.45) is 0 Å². The van der Waals surface area contributed by atoms with Crippen molar-refractivity contribution in [3.8, 4) is 0 Å². The topological polar surface area (TPSA) is 28.2 Å². The number of hydrogen-bond acceptors (Lipinski definition) is 3. The van der Waals surface area contributed by atoms with E-state index in [1.54, 1.807) is 0 Å². The van der Waals surface area contributed by atoms with Crippen LogP contribution in [0.3, 0.4) is 0 Å². The second-order valence-electron chi connectivity index (χ2n) is 6.32. The highest BCUT2D eigenvalue weighted by Crippen LogP contribution is 2.43. The quantitative estimate of drug-likeness (QED) is 0.863. The highest BCUT2D eigenvalue weighted by atomic mass is 15.2. The first kappa shape index (κ1) is 15.5. The zero-order chi connectivity index (χ0) is 14.6. The van der Waals surface area contributed by atoms with Crippen LogP contribution < -0.4 is 5.32 Å². The van der Waals surface area contributed by atoms with Crippen molar-refractivity contribution < 1.29 is 0 Å². The molecule has 3 heteroatoms. The van der Waals surface area contributed by atoms with E-state index in [0.717, 1.165) is 6.54 Å². The summed E-state index contributed by atoms with van der Waals surface area (Å²) in [5.41, 5.74) is 2.96. The van der Waals surface area contributed by atoms with Gasteiger partial charge in [-0.05, 0) is 64.0 Å². The Kier molecular flexibility index (Phi) is 5.17. The Balaban J connectivity index is 2.38. The van der Waals surface area contributed by atoms with Crippen molar-refractivity contribution in [2.75, 3.05) is 20.6 Å². The van der Waals surface area contributed by atoms with Crippen LogP contribution in [0.15, 0.2) is 18.5 Å². The Bertz CT molecular complexity index is 422. The van der Waals surface area contributed by atoms with Gasteiger partial charge in [0.25, 0.3) is 0 Å². The predicted molar refractivity (Wildman–Crippen MR) is 84.9 cm³/mol. The van der Waals surface area contributed by atoms with E-state index in [4.69, 9.17) is 0 Å². The van der Waals surface area contributed by atoms with Crippen molar-refractivity contribution in [1.29, 1.82) is 0 Å². The zero-order valence-corrected chi connectivity index (χ0v) is 13.4. The summed E-state index contributed by atoms with van der Waals surface area (Å²) < 4.78 is 0. The highest BCUT2D eigenvalue weighted by Gasteiger charge is 2.44. The molecule has 20 heavy (non-hydrogen) atoms. The molecule has 0 radical (unpaired) electrons. The van der Waals surface area contributed by atoms with Crippen LogP contribution in [0.2, 0.25) is 0 Å². The summed E-state index contributed by atoms with van der Waals surface area (Å²) >= 11 is 0. The molecule has 1 heterocycles. The van der Waals surface area contributed by atoms with E-state index in [2.05, 4.69) is 55.4 Å². The lowest BCUT2D eigenvalue weighted by molar-refractivity contribution is 0.104. The molecule has 1 aliphatic carbocycles. The number of nitrogens with one attached hydrogen (secondary N) is 1. The number of pyridine rings is 1. The van der Waals surface area contributed by atoms with E-state index in [0.29, 0.717) is 6.04 Å². The monoisotopic (exact) mass is 275 g/mol. The van der Waals surface area contributed by atoms with E-state index in [1.165, 1.54) is 43.2 Å². The fourth-order valence-electron chi connectivity index (χ4n) is 3.64. The van der Waals surface area contributed by atoms with E-state index in [9.17, 15) is 0 Å². The molecule has 1 saturated carbocycles. The van der Waals surface area contributed by atoms with Crippen LogP contribution in [0.5, 0.6) is 0 Å². The van der Waals surface area contributed by atoms with Crippen molar-refractivity contribution in [2.45, 2.75) is 57.5 Å². The van der Waals surface area contributed by atoms with Crippen LogP contribution >= 0.6 is 0 Å². The van der Waals surface area contributed by atoms with E-state index in [1.807, 2.05) is 6.20 Å². The molecule has 2 rings (SSSR count). The molecule has 1 atom stereocenters. The molecule has 0 amide bonds. The first-order valence-electron chi connectivity index (χ1n) is 7.93. The van der Waals surface area contributed by atoms with E-state index in [-0.39, 0.29) is 5.54 Å². The second-order valence-corrected chi connectivity index (χ2v) is 6.32. The van der Waals surface area contributed by atoms with Gasteiger partial charge in [0.15, 0.2) is 0 Å². The number of aryl methyl sites for hydroxylation is 1. The molecule has 1 aromatic rings. The number of nitrogens with zero attached hydrogens (tertiary/aromatic N) is 2. The van der Waals surface area contributed by atoms with Gasteiger partial charge in [-0.1, -0.05) is 19.8 Å². The minimum Gasteiger partial charge on any atom is -0.308 e. The first-order chi connectivity index (χ1) is 9.62. The smallest absolute Gasteiger partial charge is 0.0524 e. The number of hydrogen-bond donors (Lipinski definition) is 1. The van der Waals surface area contributed by atoms with Gasteiger partial charge in [-0.15, -0.1) is 0 Å². The van der Waals surface area contributed by atoms with Crippen LogP contribution in [-0.4, -0.2) is 36.1 Å². The van der Waals surface area contributed by atoms with Crippen LogP contribution in [0.25, 0.3) is 0 Å². The van der Waals surface area contributed by atoms with E-state index >= 15 is 0 Å². The molecule has 0 saturated heterocycles. The molecule has 1 N–H and O–H groups in total. The predicted octanol–water partition coefficient (Wildman–Crippen LogP) is 3.31. The molecule has 1 unspecified atom stereocenters. The Morgan fingerprint density at radius 1 is 1.35 bits per heavy atom. The Hall–Kier alpha value is -0.930. The van der Waals surface area contributed by atoms with Gasteiger partial charge in [0.2, 0.25) is 0 Å². The molecule has 0 bridgehead atoms. The average molecular weight is 275 g/mol. The lowest BCUT2D eigenvalue weighted by Crippen LogP contribution is -2.52. The fourth-order valence-corrected chi connectivity index (χ4v) is 3.64. The van der Waals surface area contributed by atoms with Crippen LogP contribution in [-0.2, 0) is 0 Å². The molecule has 0 aliphatic heterocycles. The Morgan fingerprint density at radius 3 is 2.60 bits per heavy atom. The number of likely N-dealkylation sites (N-methyl/N-ethyl adjacent to an activating group) is 1. The zero-order valence-electron chi connectivity index (χ0n) is 13.4. The van der Waals surface area contributed by atoms with Gasteiger partial charge in [-0.2, -0.15) is 0 Å². The fraction of sp³-hybridized carbons (Fsp3) is 0.706. The molecular formula is C17H29N3. The van der Waals surface area contributed by atoms with Gasteiger partial charge >= 0.3 is 0 Å². The standard InChI is InChI=1S/C17H29N3/c1-5-11-19-16(15-13-18-12-8-14(15)2)17(20(3)4)9-6-7-10-17/h8,12-13,16,19H,5-7,9-11H2,1-4H3. The Labute approximate surface area is 123 Å². The average Bonchev–Trinajstić information content (AvgIpc) is 2.92. The van der Waals surface area contributed by atoms with Gasteiger partial charge in [0.05, 0.1) is 6.04 Å². The van der Waals surface area contributed by atoms with Crippen LogP contribution in [0.4, 0.5) is 0 Å². The van der Waals surface area contributed by atoms with Crippen molar-refractivity contribution in [3.05, 3.63) is 29.6 Å². The number of rotatable bonds is 6. The molecule has 3 nitrogen and oxygen atoms in total. The summed E-state index contributed by atoms with van der Waals surface area (Å²) in [6, 6.07) is 2.52. The maximum Gasteiger partial charge on any atom is 0.0524 e. The molecule has 1 fully saturated rings. The summed E-state index contributed by atoms with van der Waals surface area (Å²) in [6.07, 6.45) is 10.3. The van der Waals surface area contributed by atoms with Gasteiger partial charge in [-0.25, -0.2) is 0 Å². The van der Waals surface area contributed by atoms with Gasteiger partial charge in [0, 0.05) is 17.9 Å². The Morgan fingerprint density at radius 2 is 2.05 bits per heavy atom. The third-order valence-corrected chi connectivity index (χ3v) is 4.89. The molecule has 112 valence electrons. The largest absolute Gasteiger partial charge is 0.308 e. The van der Waals surface area contributed by atoms with Crippen molar-refractivity contribution in [3.63, 3.8) is 0 Å². The number of aromatic nitrogens is 1. The maximum absolute atomic E-state index is 4.38. The third-order valence-electron chi connectivity index (χ3n) is 4.89. The summed E-state index contributed by atoms with van der Waals surface area (Å²) in [5, 5.41) is 3.81.